The second-order valence-electron chi connectivity index (χ2n) is 11.2. The first-order valence-corrected chi connectivity index (χ1v) is 16.3. The SMILES string of the molecule is CCCCCCC/C=C\CCCCCCCCCCCOC[C@H](COC)OP(=O)([O-])OCC[N+](C)(C)C. The number of allylic oxidation sites excluding steroid dienone is 2. The predicted molar refractivity (Wildman–Crippen MR) is 153 cm³/mol. The van der Waals surface area contributed by atoms with E-state index in [1.54, 1.807) is 0 Å². The van der Waals surface area contributed by atoms with Gasteiger partial charge in [0.25, 0.3) is 7.82 Å². The molecule has 0 saturated carbocycles. The summed E-state index contributed by atoms with van der Waals surface area (Å²) >= 11 is 0. The lowest BCUT2D eigenvalue weighted by Crippen LogP contribution is -2.38. The molecular weight excluding hydrogens is 489 g/mol. The maximum absolute atomic E-state index is 12.1. The second-order valence-corrected chi connectivity index (χ2v) is 12.6. The minimum atomic E-state index is -4.38. The maximum atomic E-state index is 12.1. The van der Waals surface area contributed by atoms with Gasteiger partial charge in [-0.1, -0.05) is 89.7 Å². The van der Waals surface area contributed by atoms with Gasteiger partial charge in [-0.15, -0.1) is 0 Å². The molecule has 0 bridgehead atoms. The summed E-state index contributed by atoms with van der Waals surface area (Å²) in [5.41, 5.74) is 0. The van der Waals surface area contributed by atoms with Crippen LogP contribution in [-0.2, 0) is 23.1 Å². The van der Waals surface area contributed by atoms with Crippen LogP contribution in [0.5, 0.6) is 0 Å². The fourth-order valence-electron chi connectivity index (χ4n) is 3.95. The lowest BCUT2D eigenvalue weighted by molar-refractivity contribution is -0.870. The third-order valence-electron chi connectivity index (χ3n) is 6.25. The Kier molecular flexibility index (Phi) is 24.6. The minimum absolute atomic E-state index is 0.0848. The first-order valence-electron chi connectivity index (χ1n) is 14.9. The first-order chi connectivity index (χ1) is 17.7. The third kappa shape index (κ3) is 28.6. The molecule has 7 nitrogen and oxygen atoms in total. The molecule has 0 amide bonds. The smallest absolute Gasteiger partial charge is 0.268 e. The normalized spacial score (nSPS) is 14.9. The summed E-state index contributed by atoms with van der Waals surface area (Å²) in [6, 6.07) is 0. The number of unbranched alkanes of at least 4 members (excludes halogenated alkanes) is 14. The van der Waals surface area contributed by atoms with Crippen molar-refractivity contribution in [1.82, 2.24) is 0 Å². The molecule has 0 aliphatic heterocycles. The van der Waals surface area contributed by atoms with Crippen molar-refractivity contribution in [3.63, 3.8) is 0 Å². The third-order valence-corrected chi connectivity index (χ3v) is 7.30. The average molecular weight is 550 g/mol. The molecule has 2 atom stereocenters. The summed E-state index contributed by atoms with van der Waals surface area (Å²) in [4.78, 5) is 12.1. The number of phosphoric acid groups is 1. The van der Waals surface area contributed by atoms with Gasteiger partial charge < -0.3 is 27.9 Å². The monoisotopic (exact) mass is 549 g/mol. The van der Waals surface area contributed by atoms with Crippen LogP contribution in [0.3, 0.4) is 0 Å². The maximum Gasteiger partial charge on any atom is 0.268 e. The van der Waals surface area contributed by atoms with Gasteiger partial charge in [-0.2, -0.15) is 0 Å². The van der Waals surface area contributed by atoms with Crippen molar-refractivity contribution in [1.29, 1.82) is 0 Å². The minimum Gasteiger partial charge on any atom is -0.756 e. The van der Waals surface area contributed by atoms with Crippen LogP contribution < -0.4 is 4.89 Å². The Balaban J connectivity index is 3.60. The van der Waals surface area contributed by atoms with E-state index < -0.39 is 13.9 Å². The van der Waals surface area contributed by atoms with E-state index in [0.717, 1.165) is 12.8 Å². The van der Waals surface area contributed by atoms with Crippen LogP contribution in [0.4, 0.5) is 0 Å². The van der Waals surface area contributed by atoms with Crippen molar-refractivity contribution in [3.8, 4) is 0 Å². The van der Waals surface area contributed by atoms with Crippen molar-refractivity contribution in [2.45, 2.75) is 116 Å². The van der Waals surface area contributed by atoms with Crippen LogP contribution in [0.1, 0.15) is 110 Å². The molecule has 0 aromatic rings. The summed E-state index contributed by atoms with van der Waals surface area (Å²) in [6.07, 6.45) is 24.7. The number of nitrogens with zero attached hydrogens (tertiary/aromatic N) is 1. The molecule has 0 aliphatic rings. The summed E-state index contributed by atoms with van der Waals surface area (Å²) in [5.74, 6) is 0. The van der Waals surface area contributed by atoms with E-state index in [1.807, 2.05) is 21.1 Å². The van der Waals surface area contributed by atoms with E-state index in [9.17, 15) is 9.46 Å². The number of quaternary nitrogens is 1. The lowest BCUT2D eigenvalue weighted by Gasteiger charge is -2.29. The Hall–Kier alpha value is -0.270. The molecule has 0 radical (unpaired) electrons. The molecule has 0 N–H and O–H groups in total. The molecule has 0 rings (SSSR count). The van der Waals surface area contributed by atoms with Crippen LogP contribution in [-0.4, -0.2) is 71.8 Å². The fourth-order valence-corrected chi connectivity index (χ4v) is 4.81. The quantitative estimate of drug-likeness (QED) is 0.0451. The molecule has 0 aromatic heterocycles. The Labute approximate surface area is 229 Å². The molecule has 0 spiro atoms. The number of likely N-dealkylation sites (N-methyl/N-ethyl adjacent to an activating group) is 1. The van der Waals surface area contributed by atoms with E-state index in [2.05, 4.69) is 19.1 Å². The van der Waals surface area contributed by atoms with Gasteiger partial charge in [0.1, 0.15) is 19.3 Å². The van der Waals surface area contributed by atoms with Gasteiger partial charge in [0, 0.05) is 13.7 Å². The second kappa shape index (κ2) is 24.7. The van der Waals surface area contributed by atoms with Gasteiger partial charge in [0.15, 0.2) is 0 Å². The molecule has 222 valence electrons. The van der Waals surface area contributed by atoms with Gasteiger partial charge in [-0.05, 0) is 32.1 Å². The van der Waals surface area contributed by atoms with Crippen LogP contribution in [0.15, 0.2) is 12.2 Å². The van der Waals surface area contributed by atoms with Crippen molar-refractivity contribution in [3.05, 3.63) is 12.2 Å². The molecule has 1 unspecified atom stereocenters. The number of methoxy groups -OCH3 is 1. The van der Waals surface area contributed by atoms with Crippen LogP contribution in [0.2, 0.25) is 0 Å². The van der Waals surface area contributed by atoms with Gasteiger partial charge >= 0.3 is 0 Å². The highest BCUT2D eigenvalue weighted by atomic mass is 31.2. The van der Waals surface area contributed by atoms with Crippen molar-refractivity contribution >= 4 is 7.82 Å². The van der Waals surface area contributed by atoms with Crippen LogP contribution in [0.25, 0.3) is 0 Å². The average Bonchev–Trinajstić information content (AvgIpc) is 2.81. The van der Waals surface area contributed by atoms with E-state index >= 15 is 0 Å². The molecule has 0 aromatic carbocycles. The summed E-state index contributed by atoms with van der Waals surface area (Å²) < 4.78 is 33.5. The zero-order chi connectivity index (χ0) is 27.7. The van der Waals surface area contributed by atoms with Crippen molar-refractivity contribution in [2.24, 2.45) is 0 Å². The van der Waals surface area contributed by atoms with Crippen LogP contribution in [0, 0.1) is 0 Å². The predicted octanol–water partition coefficient (Wildman–Crippen LogP) is 7.04. The fraction of sp³-hybridized carbons (Fsp3) is 0.931. The molecule has 0 aliphatic carbocycles. The highest BCUT2D eigenvalue weighted by Gasteiger charge is 2.20. The highest BCUT2D eigenvalue weighted by molar-refractivity contribution is 7.45. The summed E-state index contributed by atoms with van der Waals surface area (Å²) in [7, 11) is 3.04. The molecule has 0 fully saturated rings. The number of phosphoric ester groups is 1. The van der Waals surface area contributed by atoms with Gasteiger partial charge in [-0.3, -0.25) is 4.57 Å². The van der Waals surface area contributed by atoms with Crippen molar-refractivity contribution < 1.29 is 32.5 Å². The number of ether oxygens (including phenoxy) is 2. The molecule has 0 heterocycles. The number of rotatable bonds is 28. The molecule has 8 heteroatoms. The topological polar surface area (TPSA) is 77.1 Å². The first kappa shape index (κ1) is 36.7. The summed E-state index contributed by atoms with van der Waals surface area (Å²) in [6.45, 7) is 3.83. The van der Waals surface area contributed by atoms with E-state index in [1.165, 1.54) is 97.0 Å². The van der Waals surface area contributed by atoms with Gasteiger partial charge in [-0.25, -0.2) is 0 Å². The standard InChI is InChI=1S/C29H60NO6P/c1-6-7-8-9-10-11-12-13-14-15-16-17-18-19-20-21-22-23-25-34-28-29(27-33-5)36-37(31,32)35-26-24-30(2,3)4/h12-13,29H,6-11,14-28H2,1-5H3/b13-12-/t29-/m0/s1. The number of hydrogen-bond acceptors (Lipinski definition) is 6. The molecule has 0 saturated heterocycles. The Morgan fingerprint density at radius 3 is 1.78 bits per heavy atom. The van der Waals surface area contributed by atoms with Gasteiger partial charge in [0.2, 0.25) is 0 Å². The lowest BCUT2D eigenvalue weighted by atomic mass is 10.1. The highest BCUT2D eigenvalue weighted by Crippen LogP contribution is 2.39. The zero-order valence-corrected chi connectivity index (χ0v) is 25.8. The number of hydrogen-bond donors (Lipinski definition) is 0. The van der Waals surface area contributed by atoms with Crippen molar-refractivity contribution in [2.75, 3.05) is 61.2 Å². The Morgan fingerprint density at radius 2 is 1.27 bits per heavy atom. The van der Waals surface area contributed by atoms with Gasteiger partial charge in [0.05, 0.1) is 34.4 Å². The largest absolute Gasteiger partial charge is 0.756 e. The molecule has 37 heavy (non-hydrogen) atoms. The summed E-state index contributed by atoms with van der Waals surface area (Å²) in [5, 5.41) is 0. The Morgan fingerprint density at radius 1 is 0.757 bits per heavy atom. The van der Waals surface area contributed by atoms with E-state index in [0.29, 0.717) is 17.6 Å². The van der Waals surface area contributed by atoms with E-state index in [-0.39, 0.29) is 19.8 Å². The van der Waals surface area contributed by atoms with Crippen LogP contribution >= 0.6 is 7.82 Å². The van der Waals surface area contributed by atoms with E-state index in [4.69, 9.17) is 18.5 Å². The molecular formula is C29H60NO6P. The zero-order valence-electron chi connectivity index (χ0n) is 24.9. The Bertz CT molecular complexity index is 567.